The second kappa shape index (κ2) is 6.00. The minimum Gasteiger partial charge on any atom is -0.376 e. The Balaban J connectivity index is 1.95. The molecular weight excluding hydrogens is 243 g/mol. The van der Waals surface area contributed by atoms with Crippen LogP contribution in [0.4, 0.5) is 15.8 Å². The van der Waals surface area contributed by atoms with Crippen LogP contribution < -0.4 is 10.6 Å². The fraction of sp³-hybridized carbons (Fsp3) is 0.133. The first kappa shape index (κ1) is 13.1. The number of rotatable bonds is 4. The van der Waals surface area contributed by atoms with Gasteiger partial charge >= 0.3 is 0 Å². The van der Waals surface area contributed by atoms with Gasteiger partial charge in [0.05, 0.1) is 12.2 Å². The lowest BCUT2D eigenvalue weighted by atomic mass is 10.2. The van der Waals surface area contributed by atoms with E-state index in [1.54, 1.807) is 19.1 Å². The summed E-state index contributed by atoms with van der Waals surface area (Å²) in [7, 11) is 0. The molecule has 3 nitrogen and oxygen atoms in total. The number of hydrogen-bond acceptors (Lipinski definition) is 2. The highest BCUT2D eigenvalue weighted by Crippen LogP contribution is 2.18. The molecule has 0 heterocycles. The van der Waals surface area contributed by atoms with Crippen molar-refractivity contribution >= 4 is 17.3 Å². The molecule has 98 valence electrons. The van der Waals surface area contributed by atoms with E-state index in [9.17, 15) is 9.18 Å². The van der Waals surface area contributed by atoms with Gasteiger partial charge in [-0.15, -0.1) is 0 Å². The monoisotopic (exact) mass is 258 g/mol. The molecule has 1 amide bonds. The second-order valence-corrected chi connectivity index (χ2v) is 4.20. The first-order valence-electron chi connectivity index (χ1n) is 6.00. The molecule has 2 aromatic carbocycles. The number of hydrogen-bond donors (Lipinski definition) is 2. The Morgan fingerprint density at radius 2 is 1.84 bits per heavy atom. The summed E-state index contributed by atoms with van der Waals surface area (Å²) in [4.78, 5) is 11.7. The van der Waals surface area contributed by atoms with Gasteiger partial charge < -0.3 is 10.6 Å². The fourth-order valence-electron chi connectivity index (χ4n) is 1.71. The van der Waals surface area contributed by atoms with Crippen LogP contribution in [0.25, 0.3) is 0 Å². The summed E-state index contributed by atoms with van der Waals surface area (Å²) in [5.41, 5.74) is 1.79. The van der Waals surface area contributed by atoms with Gasteiger partial charge in [0, 0.05) is 5.69 Å². The Kier molecular flexibility index (Phi) is 4.13. The van der Waals surface area contributed by atoms with Gasteiger partial charge in [0.2, 0.25) is 5.91 Å². The average Bonchev–Trinajstić information content (AvgIpc) is 2.42. The Morgan fingerprint density at radius 1 is 1.11 bits per heavy atom. The number of nitrogens with one attached hydrogen (secondary N) is 2. The summed E-state index contributed by atoms with van der Waals surface area (Å²) in [6, 6.07) is 14.1. The molecule has 0 aromatic heterocycles. The molecule has 0 saturated heterocycles. The van der Waals surface area contributed by atoms with E-state index < -0.39 is 5.82 Å². The molecule has 0 fully saturated rings. The van der Waals surface area contributed by atoms with Crippen molar-refractivity contribution in [1.29, 1.82) is 0 Å². The van der Waals surface area contributed by atoms with Crippen molar-refractivity contribution < 1.29 is 9.18 Å². The van der Waals surface area contributed by atoms with Crippen LogP contribution in [0.15, 0.2) is 48.5 Å². The van der Waals surface area contributed by atoms with Gasteiger partial charge in [-0.25, -0.2) is 4.39 Å². The zero-order chi connectivity index (χ0) is 13.7. The van der Waals surface area contributed by atoms with Crippen LogP contribution in [-0.2, 0) is 4.79 Å². The van der Waals surface area contributed by atoms with E-state index in [1.807, 2.05) is 30.3 Å². The lowest BCUT2D eigenvalue weighted by Crippen LogP contribution is -2.22. The number of aryl methyl sites for hydroxylation is 1. The van der Waals surface area contributed by atoms with Crippen molar-refractivity contribution in [3.05, 3.63) is 59.9 Å². The normalized spacial score (nSPS) is 10.0. The van der Waals surface area contributed by atoms with E-state index in [-0.39, 0.29) is 18.1 Å². The maximum atomic E-state index is 13.5. The summed E-state index contributed by atoms with van der Waals surface area (Å²) < 4.78 is 13.5. The van der Waals surface area contributed by atoms with Crippen molar-refractivity contribution in [3.8, 4) is 0 Å². The molecule has 0 unspecified atom stereocenters. The molecule has 0 aliphatic rings. The Labute approximate surface area is 111 Å². The predicted octanol–water partition coefficient (Wildman–Crippen LogP) is 3.18. The minimum absolute atomic E-state index is 0.0950. The van der Waals surface area contributed by atoms with Crippen LogP contribution in [0, 0.1) is 12.7 Å². The van der Waals surface area contributed by atoms with Crippen LogP contribution in [0.2, 0.25) is 0 Å². The van der Waals surface area contributed by atoms with Gasteiger partial charge in [-0.3, -0.25) is 4.79 Å². The molecule has 0 aliphatic carbocycles. The summed E-state index contributed by atoms with van der Waals surface area (Å²) in [6.45, 7) is 1.85. The van der Waals surface area contributed by atoms with E-state index in [4.69, 9.17) is 0 Å². The highest BCUT2D eigenvalue weighted by molar-refractivity contribution is 5.94. The largest absolute Gasteiger partial charge is 0.376 e. The molecule has 2 rings (SSSR count). The first-order chi connectivity index (χ1) is 9.16. The zero-order valence-corrected chi connectivity index (χ0v) is 10.6. The number of amides is 1. The van der Waals surface area contributed by atoms with Crippen LogP contribution in [0.1, 0.15) is 5.56 Å². The fourth-order valence-corrected chi connectivity index (χ4v) is 1.71. The van der Waals surface area contributed by atoms with E-state index in [1.165, 1.54) is 6.07 Å². The van der Waals surface area contributed by atoms with Gasteiger partial charge in [0.25, 0.3) is 0 Å². The van der Waals surface area contributed by atoms with Crippen LogP contribution >= 0.6 is 0 Å². The number of anilines is 2. The highest BCUT2D eigenvalue weighted by atomic mass is 19.1. The summed E-state index contributed by atoms with van der Waals surface area (Å²) in [5.74, 6) is -0.704. The SMILES string of the molecule is Cc1cccc(F)c1NC(=O)CNc1ccccc1. The molecule has 0 bridgehead atoms. The number of benzene rings is 2. The van der Waals surface area contributed by atoms with Crippen molar-refractivity contribution in [3.63, 3.8) is 0 Å². The second-order valence-electron chi connectivity index (χ2n) is 4.20. The van der Waals surface area contributed by atoms with Crippen molar-refractivity contribution in [2.75, 3.05) is 17.2 Å². The summed E-state index contributed by atoms with van der Waals surface area (Å²) in [5, 5.41) is 5.54. The molecule has 2 N–H and O–H groups in total. The van der Waals surface area contributed by atoms with Crippen LogP contribution in [0.3, 0.4) is 0 Å². The molecule has 0 spiro atoms. The number of carbonyl (C=O) groups is 1. The third-order valence-corrected chi connectivity index (χ3v) is 2.71. The Morgan fingerprint density at radius 3 is 2.53 bits per heavy atom. The van der Waals surface area contributed by atoms with E-state index >= 15 is 0 Å². The number of carbonyl (C=O) groups excluding carboxylic acids is 1. The molecule has 0 atom stereocenters. The lowest BCUT2D eigenvalue weighted by Gasteiger charge is -2.10. The molecule has 0 aliphatic heterocycles. The van der Waals surface area contributed by atoms with Crippen LogP contribution in [-0.4, -0.2) is 12.5 Å². The molecule has 0 radical (unpaired) electrons. The molecule has 4 heteroatoms. The number of halogens is 1. The summed E-state index contributed by atoms with van der Waals surface area (Å²) >= 11 is 0. The van der Waals surface area contributed by atoms with Gasteiger partial charge in [-0.2, -0.15) is 0 Å². The standard InChI is InChI=1S/C15H15FN2O/c1-11-6-5-9-13(16)15(11)18-14(19)10-17-12-7-3-2-4-8-12/h2-9,17H,10H2,1H3,(H,18,19). The highest BCUT2D eigenvalue weighted by Gasteiger charge is 2.08. The third kappa shape index (κ3) is 3.55. The Bertz CT molecular complexity index is 549. The third-order valence-electron chi connectivity index (χ3n) is 2.71. The minimum atomic E-state index is -0.423. The quantitative estimate of drug-likeness (QED) is 0.884. The van der Waals surface area contributed by atoms with E-state index in [2.05, 4.69) is 10.6 Å². The topological polar surface area (TPSA) is 41.1 Å². The zero-order valence-electron chi connectivity index (χ0n) is 10.6. The van der Waals surface area contributed by atoms with Gasteiger partial charge in [0.15, 0.2) is 0 Å². The van der Waals surface area contributed by atoms with Gasteiger partial charge in [-0.1, -0.05) is 30.3 Å². The van der Waals surface area contributed by atoms with Crippen molar-refractivity contribution in [2.45, 2.75) is 6.92 Å². The maximum Gasteiger partial charge on any atom is 0.243 e. The summed E-state index contributed by atoms with van der Waals surface area (Å²) in [6.07, 6.45) is 0. The maximum absolute atomic E-state index is 13.5. The molecule has 0 saturated carbocycles. The van der Waals surface area contributed by atoms with E-state index in [0.717, 1.165) is 5.69 Å². The first-order valence-corrected chi connectivity index (χ1v) is 6.00. The number of para-hydroxylation sites is 2. The van der Waals surface area contributed by atoms with Crippen LogP contribution in [0.5, 0.6) is 0 Å². The average molecular weight is 258 g/mol. The van der Waals surface area contributed by atoms with Gasteiger partial charge in [0.1, 0.15) is 5.82 Å². The van der Waals surface area contributed by atoms with E-state index in [0.29, 0.717) is 5.56 Å². The molecule has 2 aromatic rings. The van der Waals surface area contributed by atoms with Crippen molar-refractivity contribution in [2.24, 2.45) is 0 Å². The predicted molar refractivity (Wildman–Crippen MR) is 74.7 cm³/mol. The molecular formula is C15H15FN2O. The molecule has 19 heavy (non-hydrogen) atoms. The smallest absolute Gasteiger partial charge is 0.243 e. The Hall–Kier alpha value is -2.36. The van der Waals surface area contributed by atoms with Crippen molar-refractivity contribution in [1.82, 2.24) is 0 Å². The lowest BCUT2D eigenvalue weighted by molar-refractivity contribution is -0.114. The van der Waals surface area contributed by atoms with Gasteiger partial charge in [-0.05, 0) is 30.7 Å².